The molecular weight excluding hydrogens is 240 g/mol. The third kappa shape index (κ3) is 2.73. The number of methoxy groups -OCH3 is 1. The SMILES string of the molecule is CNCC1(C(=O)Nc2ccc(OC)c(C)c2)CCC1. The van der Waals surface area contributed by atoms with E-state index < -0.39 is 0 Å². The van der Waals surface area contributed by atoms with Gasteiger partial charge in [0.05, 0.1) is 12.5 Å². The number of benzene rings is 1. The van der Waals surface area contributed by atoms with Crippen molar-refractivity contribution in [3.63, 3.8) is 0 Å². The summed E-state index contributed by atoms with van der Waals surface area (Å²) < 4.78 is 5.22. The molecule has 1 aromatic rings. The summed E-state index contributed by atoms with van der Waals surface area (Å²) >= 11 is 0. The number of amides is 1. The maximum atomic E-state index is 12.4. The normalized spacial score (nSPS) is 16.6. The van der Waals surface area contributed by atoms with E-state index in [4.69, 9.17) is 4.74 Å². The predicted molar refractivity (Wildman–Crippen MR) is 76.6 cm³/mol. The molecule has 2 rings (SSSR count). The predicted octanol–water partition coefficient (Wildman–Crippen LogP) is 2.33. The maximum absolute atomic E-state index is 12.4. The molecule has 0 aromatic heterocycles. The molecule has 1 fully saturated rings. The van der Waals surface area contributed by atoms with Crippen LogP contribution in [0.25, 0.3) is 0 Å². The van der Waals surface area contributed by atoms with Crippen molar-refractivity contribution in [3.8, 4) is 5.75 Å². The molecule has 0 aliphatic heterocycles. The van der Waals surface area contributed by atoms with E-state index in [1.165, 1.54) is 0 Å². The van der Waals surface area contributed by atoms with E-state index in [9.17, 15) is 4.79 Å². The monoisotopic (exact) mass is 262 g/mol. The van der Waals surface area contributed by atoms with Gasteiger partial charge >= 0.3 is 0 Å². The molecule has 0 saturated heterocycles. The van der Waals surface area contributed by atoms with Crippen LogP contribution < -0.4 is 15.4 Å². The fraction of sp³-hybridized carbons (Fsp3) is 0.533. The lowest BCUT2D eigenvalue weighted by Crippen LogP contribution is -2.48. The van der Waals surface area contributed by atoms with Gasteiger partial charge in [0, 0.05) is 12.2 Å². The fourth-order valence-corrected chi connectivity index (χ4v) is 2.65. The van der Waals surface area contributed by atoms with Gasteiger partial charge in [0.1, 0.15) is 5.75 Å². The first-order valence-electron chi connectivity index (χ1n) is 6.72. The zero-order valence-corrected chi connectivity index (χ0v) is 11.9. The van der Waals surface area contributed by atoms with Crippen molar-refractivity contribution >= 4 is 11.6 Å². The van der Waals surface area contributed by atoms with Crippen LogP contribution in [-0.4, -0.2) is 26.6 Å². The van der Waals surface area contributed by atoms with Gasteiger partial charge in [-0.3, -0.25) is 4.79 Å². The van der Waals surface area contributed by atoms with E-state index in [1.807, 2.05) is 32.2 Å². The first-order chi connectivity index (χ1) is 9.11. The minimum absolute atomic E-state index is 0.123. The summed E-state index contributed by atoms with van der Waals surface area (Å²) in [7, 11) is 3.54. The Morgan fingerprint density at radius 2 is 2.16 bits per heavy atom. The summed E-state index contributed by atoms with van der Waals surface area (Å²) in [6.07, 6.45) is 3.07. The van der Waals surface area contributed by atoms with E-state index in [2.05, 4.69) is 10.6 Å². The number of nitrogens with one attached hydrogen (secondary N) is 2. The molecule has 0 unspecified atom stereocenters. The third-order valence-corrected chi connectivity index (χ3v) is 3.96. The molecule has 4 nitrogen and oxygen atoms in total. The minimum Gasteiger partial charge on any atom is -0.496 e. The van der Waals surface area contributed by atoms with Crippen LogP contribution in [0.15, 0.2) is 18.2 Å². The number of aryl methyl sites for hydroxylation is 1. The summed E-state index contributed by atoms with van der Waals surface area (Å²) in [5, 5.41) is 6.15. The van der Waals surface area contributed by atoms with Crippen LogP contribution in [0.3, 0.4) is 0 Å². The van der Waals surface area contributed by atoms with E-state index in [0.29, 0.717) is 0 Å². The van der Waals surface area contributed by atoms with Gasteiger partial charge < -0.3 is 15.4 Å². The average Bonchev–Trinajstić information content (AvgIpc) is 2.34. The van der Waals surface area contributed by atoms with Crippen LogP contribution in [0.2, 0.25) is 0 Å². The Bertz CT molecular complexity index is 467. The molecule has 0 spiro atoms. The first-order valence-corrected chi connectivity index (χ1v) is 6.72. The second kappa shape index (κ2) is 5.61. The molecule has 0 bridgehead atoms. The molecule has 4 heteroatoms. The second-order valence-electron chi connectivity index (χ2n) is 5.30. The smallest absolute Gasteiger partial charge is 0.231 e. The zero-order chi connectivity index (χ0) is 13.9. The molecule has 0 atom stereocenters. The quantitative estimate of drug-likeness (QED) is 0.856. The van der Waals surface area contributed by atoms with Gasteiger partial charge in [-0.25, -0.2) is 0 Å². The lowest BCUT2D eigenvalue weighted by Gasteiger charge is -2.40. The highest BCUT2D eigenvalue weighted by Gasteiger charge is 2.43. The number of rotatable bonds is 5. The summed E-state index contributed by atoms with van der Waals surface area (Å²) in [6.45, 7) is 2.72. The van der Waals surface area contributed by atoms with Crippen molar-refractivity contribution in [2.75, 3.05) is 26.0 Å². The number of carbonyl (C=O) groups is 1. The standard InChI is InChI=1S/C15H22N2O2/c1-11-9-12(5-6-13(11)19-3)17-14(18)15(10-16-2)7-4-8-15/h5-6,9,16H,4,7-8,10H2,1-3H3,(H,17,18). The van der Waals surface area contributed by atoms with E-state index >= 15 is 0 Å². The van der Waals surface area contributed by atoms with Crippen LogP contribution in [0.1, 0.15) is 24.8 Å². The summed E-state index contributed by atoms with van der Waals surface area (Å²) in [5.74, 6) is 0.962. The fourth-order valence-electron chi connectivity index (χ4n) is 2.65. The Hall–Kier alpha value is -1.55. The Morgan fingerprint density at radius 1 is 1.42 bits per heavy atom. The number of carbonyl (C=O) groups excluding carboxylic acids is 1. The van der Waals surface area contributed by atoms with Gasteiger partial charge in [-0.05, 0) is 50.6 Å². The first kappa shape index (κ1) is 13.9. The van der Waals surface area contributed by atoms with Crippen LogP contribution >= 0.6 is 0 Å². The summed E-state index contributed by atoms with van der Waals surface area (Å²) in [6, 6.07) is 5.72. The van der Waals surface area contributed by atoms with Crippen LogP contribution in [0.5, 0.6) is 5.75 Å². The minimum atomic E-state index is -0.220. The van der Waals surface area contributed by atoms with Crippen LogP contribution in [0, 0.1) is 12.3 Å². The Kier molecular flexibility index (Phi) is 4.10. The largest absolute Gasteiger partial charge is 0.496 e. The Morgan fingerprint density at radius 3 is 2.63 bits per heavy atom. The zero-order valence-electron chi connectivity index (χ0n) is 11.9. The highest BCUT2D eigenvalue weighted by Crippen LogP contribution is 2.41. The molecule has 1 saturated carbocycles. The Labute approximate surface area is 114 Å². The molecule has 0 heterocycles. The Balaban J connectivity index is 2.08. The van der Waals surface area contributed by atoms with E-state index in [-0.39, 0.29) is 11.3 Å². The molecule has 104 valence electrons. The second-order valence-corrected chi connectivity index (χ2v) is 5.30. The van der Waals surface area contributed by atoms with Gasteiger partial charge in [-0.2, -0.15) is 0 Å². The lowest BCUT2D eigenvalue weighted by molar-refractivity contribution is -0.129. The highest BCUT2D eigenvalue weighted by atomic mass is 16.5. The van der Waals surface area contributed by atoms with Gasteiger partial charge in [-0.15, -0.1) is 0 Å². The number of hydrogen-bond acceptors (Lipinski definition) is 3. The van der Waals surface area contributed by atoms with Crippen LogP contribution in [-0.2, 0) is 4.79 Å². The summed E-state index contributed by atoms with van der Waals surface area (Å²) in [5.41, 5.74) is 1.64. The molecule has 1 aromatic carbocycles. The topological polar surface area (TPSA) is 50.4 Å². The van der Waals surface area contributed by atoms with Crippen molar-refractivity contribution in [1.29, 1.82) is 0 Å². The van der Waals surface area contributed by atoms with Crippen molar-refractivity contribution in [2.24, 2.45) is 5.41 Å². The average molecular weight is 262 g/mol. The molecule has 2 N–H and O–H groups in total. The van der Waals surface area contributed by atoms with E-state index in [1.54, 1.807) is 7.11 Å². The third-order valence-electron chi connectivity index (χ3n) is 3.96. The molecule has 19 heavy (non-hydrogen) atoms. The molecular formula is C15H22N2O2. The molecule has 1 aliphatic rings. The maximum Gasteiger partial charge on any atom is 0.231 e. The lowest BCUT2D eigenvalue weighted by atomic mass is 9.68. The number of anilines is 1. The summed E-state index contributed by atoms with van der Waals surface area (Å²) in [4.78, 5) is 12.4. The highest BCUT2D eigenvalue weighted by molar-refractivity contribution is 5.96. The number of hydrogen-bond donors (Lipinski definition) is 2. The van der Waals surface area contributed by atoms with E-state index in [0.717, 1.165) is 42.8 Å². The molecule has 1 aliphatic carbocycles. The van der Waals surface area contributed by atoms with Crippen molar-refractivity contribution in [2.45, 2.75) is 26.2 Å². The molecule has 0 radical (unpaired) electrons. The van der Waals surface area contributed by atoms with Crippen molar-refractivity contribution in [3.05, 3.63) is 23.8 Å². The van der Waals surface area contributed by atoms with Crippen LogP contribution in [0.4, 0.5) is 5.69 Å². The number of ether oxygens (including phenoxy) is 1. The van der Waals surface area contributed by atoms with Gasteiger partial charge in [0.2, 0.25) is 5.91 Å². The van der Waals surface area contributed by atoms with Gasteiger partial charge in [0.15, 0.2) is 0 Å². The van der Waals surface area contributed by atoms with Gasteiger partial charge in [0.25, 0.3) is 0 Å². The van der Waals surface area contributed by atoms with Crippen molar-refractivity contribution < 1.29 is 9.53 Å². The van der Waals surface area contributed by atoms with Crippen molar-refractivity contribution in [1.82, 2.24) is 5.32 Å². The van der Waals surface area contributed by atoms with Gasteiger partial charge in [-0.1, -0.05) is 6.42 Å². The molecule has 1 amide bonds.